The van der Waals surface area contributed by atoms with Gasteiger partial charge in [-0.3, -0.25) is 0 Å². The van der Waals surface area contributed by atoms with Gasteiger partial charge in [0.1, 0.15) is 0 Å². The molecule has 0 saturated carbocycles. The molecule has 112 valence electrons. The topological polar surface area (TPSA) is 9.23 Å². The van der Waals surface area contributed by atoms with Crippen LogP contribution in [0.15, 0.2) is 60.7 Å². The summed E-state index contributed by atoms with van der Waals surface area (Å²) >= 11 is 6.83. The monoisotopic (exact) mass is 354 g/mol. The molecule has 5 heteroatoms. The molecule has 0 N–H and O–H groups in total. The molecule has 0 radical (unpaired) electrons. The normalized spacial score (nSPS) is 10.7. The smallest absolute Gasteiger partial charge is 0.0671 e. The van der Waals surface area contributed by atoms with Gasteiger partial charge in [0.15, 0.2) is 0 Å². The van der Waals surface area contributed by atoms with Gasteiger partial charge in [-0.25, -0.2) is 3.63 Å². The van der Waals surface area contributed by atoms with Crippen molar-refractivity contribution in [1.82, 2.24) is 0 Å². The van der Waals surface area contributed by atoms with E-state index < -0.39 is 0 Å². The Morgan fingerprint density at radius 3 is 1.48 bits per heavy atom. The van der Waals surface area contributed by atoms with Gasteiger partial charge in [0.2, 0.25) is 0 Å². The summed E-state index contributed by atoms with van der Waals surface area (Å²) < 4.78 is 5.50. The summed E-state index contributed by atoms with van der Waals surface area (Å²) in [6, 6.07) is 21.1. The minimum absolute atomic E-state index is 0.964. The molecule has 2 aromatic rings. The second kappa shape index (κ2) is 11.4. The van der Waals surface area contributed by atoms with E-state index in [2.05, 4.69) is 60.7 Å². The molecule has 0 bridgehead atoms. The molecule has 0 fully saturated rings. The summed E-state index contributed by atoms with van der Waals surface area (Å²) in [4.78, 5) is 0. The fourth-order valence-corrected chi connectivity index (χ4v) is 4.97. The molecule has 0 aliphatic rings. The largest absolute Gasteiger partial charge is 0.246 e. The van der Waals surface area contributed by atoms with Gasteiger partial charge in [0, 0.05) is 35.6 Å². The minimum atomic E-state index is 0.964. The Hall–Kier alpha value is -0.200. The lowest BCUT2D eigenvalue weighted by Gasteiger charge is -2.03. The van der Waals surface area contributed by atoms with Gasteiger partial charge in [0.25, 0.3) is 0 Å². The van der Waals surface area contributed by atoms with Crippen molar-refractivity contribution < 1.29 is 3.63 Å². The Morgan fingerprint density at radius 2 is 1.05 bits per heavy atom. The van der Waals surface area contributed by atoms with Gasteiger partial charge in [-0.2, -0.15) is 0 Å². The van der Waals surface area contributed by atoms with Crippen molar-refractivity contribution in [2.45, 2.75) is 11.5 Å². The SMILES string of the molecule is c1ccc(CSCSOSCSCc2ccccc2)cc1. The van der Waals surface area contributed by atoms with Crippen LogP contribution in [0.4, 0.5) is 0 Å². The quantitative estimate of drug-likeness (QED) is 0.289. The third-order valence-electron chi connectivity index (χ3n) is 2.58. The van der Waals surface area contributed by atoms with Crippen molar-refractivity contribution in [3.05, 3.63) is 71.8 Å². The summed E-state index contributed by atoms with van der Waals surface area (Å²) in [5, 5.41) is 1.93. The van der Waals surface area contributed by atoms with Gasteiger partial charge in [0.05, 0.1) is 10.2 Å². The Morgan fingerprint density at radius 1 is 0.619 bits per heavy atom. The maximum absolute atomic E-state index is 5.50. The molecule has 0 saturated heterocycles. The molecule has 0 unspecified atom stereocenters. The second-order valence-electron chi connectivity index (χ2n) is 4.21. The third-order valence-corrected chi connectivity index (χ3v) is 6.53. The minimum Gasteiger partial charge on any atom is -0.246 e. The Bertz CT molecular complexity index is 433. The van der Waals surface area contributed by atoms with E-state index in [9.17, 15) is 0 Å². The molecule has 0 heterocycles. The van der Waals surface area contributed by atoms with Gasteiger partial charge in [-0.05, 0) is 11.1 Å². The summed E-state index contributed by atoms with van der Waals surface area (Å²) in [7, 11) is 0. The van der Waals surface area contributed by atoms with Crippen LogP contribution < -0.4 is 0 Å². The van der Waals surface area contributed by atoms with Crippen LogP contribution in [0.1, 0.15) is 11.1 Å². The molecule has 0 atom stereocenters. The van der Waals surface area contributed by atoms with E-state index in [0.717, 1.165) is 21.7 Å². The van der Waals surface area contributed by atoms with Crippen LogP contribution >= 0.6 is 47.6 Å². The molecule has 0 spiro atoms. The predicted molar refractivity (Wildman–Crippen MR) is 101 cm³/mol. The average Bonchev–Trinajstić information content (AvgIpc) is 2.55. The van der Waals surface area contributed by atoms with Gasteiger partial charge in [-0.15, -0.1) is 23.5 Å². The van der Waals surface area contributed by atoms with E-state index in [4.69, 9.17) is 3.63 Å². The lowest BCUT2D eigenvalue weighted by molar-refractivity contribution is 0.767. The molecule has 0 amide bonds. The van der Waals surface area contributed by atoms with Crippen LogP contribution in [-0.2, 0) is 15.1 Å². The maximum Gasteiger partial charge on any atom is 0.0671 e. The van der Waals surface area contributed by atoms with Crippen molar-refractivity contribution >= 4 is 47.6 Å². The summed E-state index contributed by atoms with van der Waals surface area (Å²) in [5.41, 5.74) is 2.74. The maximum atomic E-state index is 5.50. The van der Waals surface area contributed by atoms with Crippen LogP contribution in [0.5, 0.6) is 0 Å². The van der Waals surface area contributed by atoms with Gasteiger partial charge in [-0.1, -0.05) is 60.7 Å². The van der Waals surface area contributed by atoms with E-state index in [0.29, 0.717) is 0 Å². The molecule has 0 aliphatic carbocycles. The first-order valence-electron chi connectivity index (χ1n) is 6.59. The van der Waals surface area contributed by atoms with E-state index in [-0.39, 0.29) is 0 Å². The summed E-state index contributed by atoms with van der Waals surface area (Å²) in [6.45, 7) is 0. The third kappa shape index (κ3) is 8.12. The molecule has 0 aliphatic heterocycles. The van der Waals surface area contributed by atoms with Crippen molar-refractivity contribution in [2.75, 3.05) is 10.2 Å². The van der Waals surface area contributed by atoms with Crippen molar-refractivity contribution in [3.8, 4) is 0 Å². The molecule has 0 aromatic heterocycles. The highest BCUT2D eigenvalue weighted by atomic mass is 32.3. The fraction of sp³-hybridized carbons (Fsp3) is 0.250. The van der Waals surface area contributed by atoms with Crippen LogP contribution in [0.3, 0.4) is 0 Å². The van der Waals surface area contributed by atoms with Gasteiger partial charge >= 0.3 is 0 Å². The van der Waals surface area contributed by atoms with Crippen LogP contribution in [0, 0.1) is 0 Å². The first-order valence-corrected chi connectivity index (χ1v) is 10.7. The van der Waals surface area contributed by atoms with Gasteiger partial charge < -0.3 is 0 Å². The zero-order valence-electron chi connectivity index (χ0n) is 11.6. The molecule has 2 aromatic carbocycles. The lowest BCUT2D eigenvalue weighted by atomic mass is 10.2. The Labute approximate surface area is 144 Å². The van der Waals surface area contributed by atoms with E-state index in [1.54, 1.807) is 0 Å². The molecule has 2 rings (SSSR count). The van der Waals surface area contributed by atoms with Crippen LogP contribution in [-0.4, -0.2) is 10.2 Å². The highest BCUT2D eigenvalue weighted by Gasteiger charge is 1.96. The van der Waals surface area contributed by atoms with Crippen molar-refractivity contribution in [2.24, 2.45) is 0 Å². The van der Waals surface area contributed by atoms with E-state index in [1.807, 2.05) is 23.5 Å². The standard InChI is InChI=1S/C16H18OS4/c1-3-7-15(8-4-1)11-18-13-20-17-21-14-19-12-16-9-5-2-6-10-16/h1-10H,11-14H2. The number of benzene rings is 2. The molecular weight excluding hydrogens is 336 g/mol. The molecule has 21 heavy (non-hydrogen) atoms. The number of hydrogen-bond acceptors (Lipinski definition) is 5. The zero-order valence-corrected chi connectivity index (χ0v) is 14.9. The Balaban J connectivity index is 1.40. The average molecular weight is 355 g/mol. The van der Waals surface area contributed by atoms with E-state index in [1.165, 1.54) is 35.2 Å². The highest BCUT2D eigenvalue weighted by molar-refractivity contribution is 8.20. The molecule has 1 nitrogen and oxygen atoms in total. The predicted octanol–water partition coefficient (Wildman–Crippen LogP) is 6.08. The number of hydrogen-bond donors (Lipinski definition) is 0. The van der Waals surface area contributed by atoms with Crippen LogP contribution in [0.25, 0.3) is 0 Å². The second-order valence-corrected chi connectivity index (χ2v) is 8.50. The van der Waals surface area contributed by atoms with Crippen molar-refractivity contribution in [1.29, 1.82) is 0 Å². The number of rotatable bonds is 10. The Kier molecular flexibility index (Phi) is 9.30. The number of thioether (sulfide) groups is 2. The van der Waals surface area contributed by atoms with E-state index >= 15 is 0 Å². The summed E-state index contributed by atoms with van der Waals surface area (Å²) in [5.74, 6) is 2.09. The molecular formula is C16H18OS4. The first-order chi connectivity index (χ1) is 10.4. The first kappa shape index (κ1) is 17.2. The highest BCUT2D eigenvalue weighted by Crippen LogP contribution is 2.25. The fourth-order valence-electron chi connectivity index (χ4n) is 1.61. The van der Waals surface area contributed by atoms with Crippen LogP contribution in [0.2, 0.25) is 0 Å². The van der Waals surface area contributed by atoms with Crippen molar-refractivity contribution in [3.63, 3.8) is 0 Å². The zero-order chi connectivity index (χ0) is 14.6. The lowest BCUT2D eigenvalue weighted by Crippen LogP contribution is -1.81. The summed E-state index contributed by atoms with van der Waals surface area (Å²) in [6.07, 6.45) is 0.